The quantitative estimate of drug-likeness (QED) is 0.858. The molecule has 0 bridgehead atoms. The van der Waals surface area contributed by atoms with Crippen LogP contribution in [0.4, 0.5) is 4.39 Å². The number of nitrogens with one attached hydrogen (secondary N) is 1. The van der Waals surface area contributed by atoms with Gasteiger partial charge in [-0.3, -0.25) is 0 Å². The summed E-state index contributed by atoms with van der Waals surface area (Å²) in [6.45, 7) is 0.845. The van der Waals surface area contributed by atoms with Crippen LogP contribution in [0.25, 0.3) is 11.5 Å². The van der Waals surface area contributed by atoms with Crippen molar-refractivity contribution in [1.82, 2.24) is 10.3 Å². The maximum atomic E-state index is 12.7. The lowest BCUT2D eigenvalue weighted by Crippen LogP contribution is -2.09. The number of rotatable bonds is 4. The van der Waals surface area contributed by atoms with Crippen LogP contribution in [-0.2, 0) is 6.42 Å². The van der Waals surface area contributed by atoms with E-state index in [0.717, 1.165) is 24.3 Å². The number of nitrogens with zero attached hydrogens (tertiary/aromatic N) is 1. The van der Waals surface area contributed by atoms with E-state index < -0.39 is 0 Å². The number of hydrogen-bond acceptors (Lipinski definition) is 3. The van der Waals surface area contributed by atoms with E-state index in [-0.39, 0.29) is 5.82 Å². The van der Waals surface area contributed by atoms with Gasteiger partial charge in [0.05, 0.1) is 6.20 Å². The van der Waals surface area contributed by atoms with Gasteiger partial charge in [-0.1, -0.05) is 0 Å². The van der Waals surface area contributed by atoms with Gasteiger partial charge in [-0.15, -0.1) is 0 Å². The molecule has 0 aliphatic carbocycles. The van der Waals surface area contributed by atoms with E-state index >= 15 is 0 Å². The topological polar surface area (TPSA) is 38.1 Å². The van der Waals surface area contributed by atoms with Gasteiger partial charge in [0.2, 0.25) is 5.89 Å². The highest BCUT2D eigenvalue weighted by molar-refractivity contribution is 5.52. The Kier molecular flexibility index (Phi) is 3.31. The number of benzene rings is 1. The monoisotopic (exact) mass is 220 g/mol. The average Bonchev–Trinajstić information content (AvgIpc) is 2.76. The van der Waals surface area contributed by atoms with Gasteiger partial charge in [0.25, 0.3) is 0 Å². The Morgan fingerprint density at radius 2 is 2.06 bits per heavy atom. The fourth-order valence-electron chi connectivity index (χ4n) is 1.40. The summed E-state index contributed by atoms with van der Waals surface area (Å²) >= 11 is 0. The molecule has 16 heavy (non-hydrogen) atoms. The van der Waals surface area contributed by atoms with Crippen molar-refractivity contribution in [3.05, 3.63) is 42.0 Å². The van der Waals surface area contributed by atoms with E-state index in [4.69, 9.17) is 4.42 Å². The second kappa shape index (κ2) is 4.90. The second-order valence-electron chi connectivity index (χ2n) is 3.49. The van der Waals surface area contributed by atoms with Crippen LogP contribution >= 0.6 is 0 Å². The first-order chi connectivity index (χ1) is 7.79. The Morgan fingerprint density at radius 1 is 1.31 bits per heavy atom. The minimum absolute atomic E-state index is 0.259. The van der Waals surface area contributed by atoms with Crippen molar-refractivity contribution in [2.45, 2.75) is 6.42 Å². The number of hydrogen-bond donors (Lipinski definition) is 1. The summed E-state index contributed by atoms with van der Waals surface area (Å²) in [6, 6.07) is 6.10. The summed E-state index contributed by atoms with van der Waals surface area (Å²) in [7, 11) is 1.89. The van der Waals surface area contributed by atoms with Crippen LogP contribution in [0.1, 0.15) is 5.76 Å². The fraction of sp³-hybridized carbons (Fsp3) is 0.250. The summed E-state index contributed by atoms with van der Waals surface area (Å²) in [5.74, 6) is 1.10. The molecule has 0 unspecified atom stereocenters. The van der Waals surface area contributed by atoms with Crippen molar-refractivity contribution in [3.63, 3.8) is 0 Å². The summed E-state index contributed by atoms with van der Waals surface area (Å²) < 4.78 is 18.3. The van der Waals surface area contributed by atoms with Gasteiger partial charge in [-0.05, 0) is 31.3 Å². The molecule has 0 aliphatic heterocycles. The lowest BCUT2D eigenvalue weighted by atomic mass is 10.2. The molecule has 1 heterocycles. The fourth-order valence-corrected chi connectivity index (χ4v) is 1.40. The predicted molar refractivity (Wildman–Crippen MR) is 59.5 cm³/mol. The molecule has 0 atom stereocenters. The van der Waals surface area contributed by atoms with Crippen LogP contribution in [0.2, 0.25) is 0 Å². The van der Waals surface area contributed by atoms with Crippen molar-refractivity contribution < 1.29 is 8.81 Å². The van der Waals surface area contributed by atoms with Gasteiger partial charge in [0.15, 0.2) is 0 Å². The molecule has 0 spiro atoms. The van der Waals surface area contributed by atoms with Crippen molar-refractivity contribution in [3.8, 4) is 11.5 Å². The number of halogens is 1. The SMILES string of the molecule is CNCCc1cnc(-c2ccc(F)cc2)o1. The number of likely N-dealkylation sites (N-methyl/N-ethyl adjacent to an activating group) is 1. The molecule has 1 N–H and O–H groups in total. The lowest BCUT2D eigenvalue weighted by Gasteiger charge is -1.96. The van der Waals surface area contributed by atoms with Crippen molar-refractivity contribution >= 4 is 0 Å². The lowest BCUT2D eigenvalue weighted by molar-refractivity contribution is 0.512. The Balaban J connectivity index is 2.15. The number of aromatic nitrogens is 1. The van der Waals surface area contributed by atoms with Crippen LogP contribution in [0.15, 0.2) is 34.9 Å². The van der Waals surface area contributed by atoms with E-state index in [1.165, 1.54) is 12.1 Å². The summed E-state index contributed by atoms with van der Waals surface area (Å²) in [6.07, 6.45) is 2.50. The highest BCUT2D eigenvalue weighted by Crippen LogP contribution is 2.19. The Bertz CT molecular complexity index is 450. The Hall–Kier alpha value is -1.68. The molecule has 1 aromatic carbocycles. The van der Waals surface area contributed by atoms with Gasteiger partial charge in [-0.25, -0.2) is 9.37 Å². The third kappa shape index (κ3) is 2.46. The van der Waals surface area contributed by atoms with E-state index in [1.54, 1.807) is 18.3 Å². The van der Waals surface area contributed by atoms with Crippen LogP contribution < -0.4 is 5.32 Å². The molecule has 0 saturated carbocycles. The molecule has 3 nitrogen and oxygen atoms in total. The molecule has 2 rings (SSSR count). The predicted octanol–water partition coefficient (Wildman–Crippen LogP) is 2.24. The van der Waals surface area contributed by atoms with Crippen LogP contribution in [0.3, 0.4) is 0 Å². The minimum atomic E-state index is -0.259. The largest absolute Gasteiger partial charge is 0.441 e. The van der Waals surface area contributed by atoms with Crippen molar-refractivity contribution in [2.75, 3.05) is 13.6 Å². The maximum Gasteiger partial charge on any atom is 0.226 e. The zero-order chi connectivity index (χ0) is 11.4. The maximum absolute atomic E-state index is 12.7. The Morgan fingerprint density at radius 3 is 2.75 bits per heavy atom. The van der Waals surface area contributed by atoms with Gasteiger partial charge < -0.3 is 9.73 Å². The van der Waals surface area contributed by atoms with E-state index in [9.17, 15) is 4.39 Å². The second-order valence-corrected chi connectivity index (χ2v) is 3.49. The van der Waals surface area contributed by atoms with E-state index in [2.05, 4.69) is 10.3 Å². The molecule has 4 heteroatoms. The average molecular weight is 220 g/mol. The van der Waals surface area contributed by atoms with E-state index in [0.29, 0.717) is 5.89 Å². The van der Waals surface area contributed by atoms with Crippen LogP contribution in [0, 0.1) is 5.82 Å². The van der Waals surface area contributed by atoms with Crippen LogP contribution in [0.5, 0.6) is 0 Å². The van der Waals surface area contributed by atoms with Gasteiger partial charge in [0, 0.05) is 18.5 Å². The Labute approximate surface area is 93.3 Å². The molecule has 0 fully saturated rings. The summed E-state index contributed by atoms with van der Waals surface area (Å²) in [4.78, 5) is 4.15. The standard InChI is InChI=1S/C12H13FN2O/c1-14-7-6-11-8-15-12(16-11)9-2-4-10(13)5-3-9/h2-5,8,14H,6-7H2,1H3. The zero-order valence-electron chi connectivity index (χ0n) is 9.03. The molecular formula is C12H13FN2O. The summed E-state index contributed by atoms with van der Waals surface area (Å²) in [5.41, 5.74) is 0.789. The molecule has 0 amide bonds. The molecule has 0 radical (unpaired) electrons. The molecule has 2 aromatic rings. The van der Waals surface area contributed by atoms with Gasteiger partial charge in [0.1, 0.15) is 11.6 Å². The third-order valence-corrected chi connectivity index (χ3v) is 2.27. The molecule has 84 valence electrons. The number of oxazole rings is 1. The highest BCUT2D eigenvalue weighted by Gasteiger charge is 2.06. The van der Waals surface area contributed by atoms with Crippen LogP contribution in [-0.4, -0.2) is 18.6 Å². The normalized spacial score (nSPS) is 10.6. The van der Waals surface area contributed by atoms with E-state index in [1.807, 2.05) is 7.05 Å². The molecule has 0 saturated heterocycles. The third-order valence-electron chi connectivity index (χ3n) is 2.27. The first-order valence-corrected chi connectivity index (χ1v) is 5.15. The molecule has 0 aliphatic rings. The minimum Gasteiger partial charge on any atom is -0.441 e. The zero-order valence-corrected chi connectivity index (χ0v) is 9.03. The highest BCUT2D eigenvalue weighted by atomic mass is 19.1. The van der Waals surface area contributed by atoms with Gasteiger partial charge >= 0.3 is 0 Å². The molecular weight excluding hydrogens is 207 g/mol. The first kappa shape index (κ1) is 10.8. The van der Waals surface area contributed by atoms with Crippen molar-refractivity contribution in [1.29, 1.82) is 0 Å². The first-order valence-electron chi connectivity index (χ1n) is 5.15. The summed E-state index contributed by atoms with van der Waals surface area (Å²) in [5, 5.41) is 3.04. The molecule has 1 aromatic heterocycles. The van der Waals surface area contributed by atoms with Gasteiger partial charge in [-0.2, -0.15) is 0 Å². The smallest absolute Gasteiger partial charge is 0.226 e. The van der Waals surface area contributed by atoms with Crippen molar-refractivity contribution in [2.24, 2.45) is 0 Å².